The topological polar surface area (TPSA) is 62.7 Å². The van der Waals surface area contributed by atoms with Gasteiger partial charge in [-0.2, -0.15) is 0 Å². The Bertz CT molecular complexity index is 606. The van der Waals surface area contributed by atoms with E-state index in [2.05, 4.69) is 15.3 Å². The lowest BCUT2D eigenvalue weighted by molar-refractivity contribution is 0.368. The smallest absolute Gasteiger partial charge is 0.317 e. The van der Waals surface area contributed by atoms with Crippen molar-refractivity contribution in [3.63, 3.8) is 0 Å². The van der Waals surface area contributed by atoms with Gasteiger partial charge in [-0.05, 0) is 25.9 Å². The second-order valence-corrected chi connectivity index (χ2v) is 4.30. The third-order valence-electron chi connectivity index (χ3n) is 3.21. The first-order valence-electron chi connectivity index (χ1n) is 5.72. The molecular formula is C11H15Cl2FN4O. The Morgan fingerprint density at radius 1 is 1.32 bits per heavy atom. The fourth-order valence-corrected chi connectivity index (χ4v) is 2.41. The summed E-state index contributed by atoms with van der Waals surface area (Å²) in [6.45, 7) is 1.76. The first kappa shape index (κ1) is 15.9. The van der Waals surface area contributed by atoms with E-state index in [4.69, 9.17) is 0 Å². The number of nitrogens with zero attached hydrogens (tertiary/aromatic N) is 2. The number of pyridine rings is 1. The van der Waals surface area contributed by atoms with Crippen molar-refractivity contribution in [3.8, 4) is 0 Å². The van der Waals surface area contributed by atoms with Crippen LogP contribution in [0.2, 0.25) is 0 Å². The summed E-state index contributed by atoms with van der Waals surface area (Å²) in [4.78, 5) is 18.4. The van der Waals surface area contributed by atoms with Gasteiger partial charge < -0.3 is 5.32 Å². The van der Waals surface area contributed by atoms with E-state index < -0.39 is 5.82 Å². The number of aromatic nitrogens is 3. The lowest BCUT2D eigenvalue weighted by Gasteiger charge is -2.23. The molecule has 5 nitrogen and oxygen atoms in total. The van der Waals surface area contributed by atoms with Crippen molar-refractivity contribution in [2.24, 2.45) is 0 Å². The van der Waals surface area contributed by atoms with Gasteiger partial charge >= 0.3 is 5.69 Å². The van der Waals surface area contributed by atoms with Crippen LogP contribution < -0.4 is 11.0 Å². The van der Waals surface area contributed by atoms with Crippen molar-refractivity contribution in [1.29, 1.82) is 0 Å². The van der Waals surface area contributed by atoms with Crippen LogP contribution in [0.4, 0.5) is 4.39 Å². The van der Waals surface area contributed by atoms with Gasteiger partial charge in [0.25, 0.3) is 0 Å². The minimum atomic E-state index is -0.417. The minimum Gasteiger partial charge on any atom is -0.317 e. The van der Waals surface area contributed by atoms with Crippen LogP contribution in [0.5, 0.6) is 0 Å². The zero-order valence-corrected chi connectivity index (χ0v) is 11.7. The first-order valence-corrected chi connectivity index (χ1v) is 5.72. The molecule has 0 aromatic carbocycles. The number of H-pyrrole nitrogens is 1. The van der Waals surface area contributed by atoms with Crippen molar-refractivity contribution < 1.29 is 4.39 Å². The summed E-state index contributed by atoms with van der Waals surface area (Å²) < 4.78 is 14.8. The molecule has 0 amide bonds. The molecule has 1 aliphatic heterocycles. The highest BCUT2D eigenvalue weighted by Crippen LogP contribution is 2.21. The van der Waals surface area contributed by atoms with E-state index in [-0.39, 0.29) is 36.5 Å². The molecule has 2 N–H and O–H groups in total. The standard InChI is InChI=1S/C11H13FN4O.2ClH/c12-7-5-9-10(14-6-7)15-11(17)16(9)8-1-3-13-4-2-8;;/h5-6,8,13H,1-4H2,(H,14,15,17);2*1H. The van der Waals surface area contributed by atoms with Crippen molar-refractivity contribution >= 4 is 36.0 Å². The summed E-state index contributed by atoms with van der Waals surface area (Å²) in [6, 6.07) is 1.49. The molecule has 1 fully saturated rings. The fourth-order valence-electron chi connectivity index (χ4n) is 2.41. The van der Waals surface area contributed by atoms with E-state index in [1.165, 1.54) is 6.07 Å². The summed E-state index contributed by atoms with van der Waals surface area (Å²) >= 11 is 0. The summed E-state index contributed by atoms with van der Waals surface area (Å²) in [5.74, 6) is -0.417. The molecule has 1 aliphatic rings. The van der Waals surface area contributed by atoms with Gasteiger partial charge in [-0.1, -0.05) is 0 Å². The second kappa shape index (κ2) is 6.36. The number of hydrogen-bond donors (Lipinski definition) is 2. The van der Waals surface area contributed by atoms with E-state index in [1.807, 2.05) is 0 Å². The maximum atomic E-state index is 13.2. The summed E-state index contributed by atoms with van der Waals surface area (Å²) in [7, 11) is 0. The van der Waals surface area contributed by atoms with Gasteiger partial charge in [-0.25, -0.2) is 14.2 Å². The quantitative estimate of drug-likeness (QED) is 0.842. The molecule has 19 heavy (non-hydrogen) atoms. The maximum absolute atomic E-state index is 13.2. The SMILES string of the molecule is Cl.Cl.O=c1[nH]c2ncc(F)cc2n1C1CCNCC1. The van der Waals surface area contributed by atoms with E-state index >= 15 is 0 Å². The van der Waals surface area contributed by atoms with E-state index in [0.29, 0.717) is 11.2 Å². The van der Waals surface area contributed by atoms with Crippen LogP contribution in [0.25, 0.3) is 11.2 Å². The molecule has 0 spiro atoms. The van der Waals surface area contributed by atoms with Crippen LogP contribution in [-0.2, 0) is 0 Å². The van der Waals surface area contributed by atoms with E-state index in [0.717, 1.165) is 32.1 Å². The highest BCUT2D eigenvalue weighted by Gasteiger charge is 2.20. The predicted molar refractivity (Wildman–Crippen MR) is 75.9 cm³/mol. The molecule has 0 atom stereocenters. The number of halogens is 3. The summed E-state index contributed by atoms with van der Waals surface area (Å²) in [5.41, 5.74) is 0.807. The van der Waals surface area contributed by atoms with Crippen molar-refractivity contribution in [3.05, 3.63) is 28.6 Å². The Balaban J connectivity index is 0.000000902. The number of rotatable bonds is 1. The van der Waals surface area contributed by atoms with Crippen molar-refractivity contribution in [2.75, 3.05) is 13.1 Å². The molecule has 0 saturated carbocycles. The van der Waals surface area contributed by atoms with Crippen molar-refractivity contribution in [2.45, 2.75) is 18.9 Å². The maximum Gasteiger partial charge on any atom is 0.327 e. The molecule has 2 aromatic heterocycles. The molecule has 0 radical (unpaired) electrons. The molecule has 8 heteroatoms. The first-order chi connectivity index (χ1) is 8.25. The molecular weight excluding hydrogens is 294 g/mol. The van der Waals surface area contributed by atoms with Crippen LogP contribution >= 0.6 is 24.8 Å². The molecule has 0 bridgehead atoms. The Labute approximate surface area is 121 Å². The van der Waals surface area contributed by atoms with Gasteiger partial charge in [0.05, 0.1) is 11.7 Å². The van der Waals surface area contributed by atoms with Crippen LogP contribution in [-0.4, -0.2) is 27.6 Å². The van der Waals surface area contributed by atoms with Crippen LogP contribution in [0.1, 0.15) is 18.9 Å². The third kappa shape index (κ3) is 2.91. The van der Waals surface area contributed by atoms with Gasteiger partial charge in [0.15, 0.2) is 5.65 Å². The average Bonchev–Trinajstić information content (AvgIpc) is 2.65. The molecule has 0 aliphatic carbocycles. The van der Waals surface area contributed by atoms with Gasteiger partial charge in [0.2, 0.25) is 0 Å². The number of fused-ring (bicyclic) bond motifs is 1. The normalized spacial score (nSPS) is 15.8. The van der Waals surface area contributed by atoms with E-state index in [9.17, 15) is 9.18 Å². The zero-order chi connectivity index (χ0) is 11.8. The second-order valence-electron chi connectivity index (χ2n) is 4.30. The number of nitrogens with one attached hydrogen (secondary N) is 2. The largest absolute Gasteiger partial charge is 0.327 e. The highest BCUT2D eigenvalue weighted by molar-refractivity contribution is 5.85. The Morgan fingerprint density at radius 3 is 2.68 bits per heavy atom. The van der Waals surface area contributed by atoms with Crippen molar-refractivity contribution in [1.82, 2.24) is 19.9 Å². The summed E-state index contributed by atoms with van der Waals surface area (Å²) in [5, 5.41) is 3.24. The van der Waals surface area contributed by atoms with Crippen LogP contribution in [0.3, 0.4) is 0 Å². The lowest BCUT2D eigenvalue weighted by atomic mass is 10.1. The monoisotopic (exact) mass is 308 g/mol. The number of hydrogen-bond acceptors (Lipinski definition) is 3. The van der Waals surface area contributed by atoms with Gasteiger partial charge in [0, 0.05) is 12.1 Å². The number of imidazole rings is 1. The summed E-state index contributed by atoms with van der Waals surface area (Å²) in [6.07, 6.45) is 2.87. The van der Waals surface area contributed by atoms with Crippen LogP contribution in [0.15, 0.2) is 17.1 Å². The van der Waals surface area contributed by atoms with Gasteiger partial charge in [-0.3, -0.25) is 9.55 Å². The molecule has 2 aromatic rings. The van der Waals surface area contributed by atoms with Gasteiger partial charge in [0.1, 0.15) is 5.82 Å². The Kier molecular flexibility index (Phi) is 5.34. The molecule has 3 heterocycles. The van der Waals surface area contributed by atoms with Crippen LogP contribution in [0, 0.1) is 5.82 Å². The molecule has 0 unspecified atom stereocenters. The molecule has 106 valence electrons. The Hall–Kier alpha value is -1.11. The van der Waals surface area contributed by atoms with E-state index in [1.54, 1.807) is 4.57 Å². The highest BCUT2D eigenvalue weighted by atomic mass is 35.5. The minimum absolute atomic E-state index is 0. The predicted octanol–water partition coefficient (Wildman–Crippen LogP) is 1.63. The molecule has 3 rings (SSSR count). The average molecular weight is 309 g/mol. The van der Waals surface area contributed by atoms with Gasteiger partial charge in [-0.15, -0.1) is 24.8 Å². The lowest BCUT2D eigenvalue weighted by Crippen LogP contribution is -2.33. The molecule has 1 saturated heterocycles. The third-order valence-corrected chi connectivity index (χ3v) is 3.21. The number of aromatic amines is 1. The fraction of sp³-hybridized carbons (Fsp3) is 0.455. The number of piperidine rings is 1. The zero-order valence-electron chi connectivity index (χ0n) is 10.1. The Morgan fingerprint density at radius 2 is 2.00 bits per heavy atom.